The van der Waals surface area contributed by atoms with Gasteiger partial charge in [0.2, 0.25) is 0 Å². The molecule has 2 aromatic rings. The first-order chi connectivity index (χ1) is 13.2. The normalized spacial score (nSPS) is 17.8. The average molecular weight is 375 g/mol. The first-order valence-electron chi connectivity index (χ1n) is 9.63. The molecule has 0 aromatic heterocycles. The highest BCUT2D eigenvalue weighted by molar-refractivity contribution is 5.33. The molecule has 3 nitrogen and oxygen atoms in total. The number of aryl methyl sites for hydroxylation is 1. The molecule has 1 aliphatic heterocycles. The molecule has 0 bridgehead atoms. The van der Waals surface area contributed by atoms with E-state index < -0.39 is 11.6 Å². The van der Waals surface area contributed by atoms with Gasteiger partial charge in [0, 0.05) is 24.7 Å². The number of ether oxygens (including phenoxy) is 1. The van der Waals surface area contributed by atoms with Crippen LogP contribution in [0.3, 0.4) is 0 Å². The molecule has 0 spiro atoms. The summed E-state index contributed by atoms with van der Waals surface area (Å²) in [5.74, 6) is 0.357. The van der Waals surface area contributed by atoms with Gasteiger partial charge in [-0.2, -0.15) is 0 Å². The molecule has 1 fully saturated rings. The van der Waals surface area contributed by atoms with Crippen molar-refractivity contribution >= 4 is 0 Å². The fourth-order valence-corrected chi connectivity index (χ4v) is 3.79. The third-order valence-electron chi connectivity index (χ3n) is 5.16. The van der Waals surface area contributed by atoms with Crippen LogP contribution in [0.15, 0.2) is 42.5 Å². The van der Waals surface area contributed by atoms with Crippen LogP contribution in [0.25, 0.3) is 0 Å². The molecule has 1 heterocycles. The summed E-state index contributed by atoms with van der Waals surface area (Å²) < 4.78 is 32.5. The van der Waals surface area contributed by atoms with Crippen molar-refractivity contribution in [2.45, 2.75) is 32.2 Å². The standard InChI is InChI=1S/C22H27F2NO2/c23-20-10-9-18(21(24)14-20)8-7-17-4-3-11-25(15-17)16-19-5-1-2-6-22(19)27-13-12-26/h1-2,5-6,9-10,14,17,26H,3-4,7-8,11-13,15-16H2. The maximum atomic E-state index is 13.8. The van der Waals surface area contributed by atoms with Crippen LogP contribution in [0.2, 0.25) is 0 Å². The van der Waals surface area contributed by atoms with Crippen molar-refractivity contribution in [2.75, 3.05) is 26.3 Å². The predicted molar refractivity (Wildman–Crippen MR) is 102 cm³/mol. The third-order valence-corrected chi connectivity index (χ3v) is 5.16. The van der Waals surface area contributed by atoms with E-state index in [-0.39, 0.29) is 6.61 Å². The number of rotatable bonds is 8. The number of aliphatic hydroxyl groups is 1. The van der Waals surface area contributed by atoms with E-state index in [2.05, 4.69) is 11.0 Å². The van der Waals surface area contributed by atoms with Gasteiger partial charge >= 0.3 is 0 Å². The summed E-state index contributed by atoms with van der Waals surface area (Å²) >= 11 is 0. The lowest BCUT2D eigenvalue weighted by Crippen LogP contribution is -2.35. The summed E-state index contributed by atoms with van der Waals surface area (Å²) in [5.41, 5.74) is 1.72. The summed E-state index contributed by atoms with van der Waals surface area (Å²) in [6, 6.07) is 11.8. The van der Waals surface area contributed by atoms with Crippen molar-refractivity contribution in [3.05, 3.63) is 65.2 Å². The zero-order valence-electron chi connectivity index (χ0n) is 15.5. The zero-order valence-corrected chi connectivity index (χ0v) is 15.5. The van der Waals surface area contributed by atoms with Gasteiger partial charge < -0.3 is 9.84 Å². The van der Waals surface area contributed by atoms with Crippen LogP contribution in [0.4, 0.5) is 8.78 Å². The quantitative estimate of drug-likeness (QED) is 0.751. The highest BCUT2D eigenvalue weighted by Crippen LogP contribution is 2.26. The minimum Gasteiger partial charge on any atom is -0.491 e. The number of piperidine rings is 1. The number of hydrogen-bond acceptors (Lipinski definition) is 3. The number of para-hydroxylation sites is 1. The number of nitrogens with zero attached hydrogens (tertiary/aromatic N) is 1. The van der Waals surface area contributed by atoms with Crippen LogP contribution in [-0.4, -0.2) is 36.3 Å². The number of hydrogen-bond donors (Lipinski definition) is 1. The Morgan fingerprint density at radius 1 is 1.11 bits per heavy atom. The molecule has 0 aliphatic carbocycles. The van der Waals surface area contributed by atoms with Crippen molar-refractivity contribution in [2.24, 2.45) is 5.92 Å². The Balaban J connectivity index is 1.55. The molecule has 1 aliphatic rings. The average Bonchev–Trinajstić information content (AvgIpc) is 2.67. The molecule has 0 radical (unpaired) electrons. The number of likely N-dealkylation sites (tertiary alicyclic amines) is 1. The van der Waals surface area contributed by atoms with E-state index in [0.717, 1.165) is 56.3 Å². The molecule has 3 rings (SSSR count). The summed E-state index contributed by atoms with van der Waals surface area (Å²) in [6.07, 6.45) is 3.81. The highest BCUT2D eigenvalue weighted by Gasteiger charge is 2.21. The van der Waals surface area contributed by atoms with Gasteiger partial charge in [-0.15, -0.1) is 0 Å². The lowest BCUT2D eigenvalue weighted by molar-refractivity contribution is 0.157. The van der Waals surface area contributed by atoms with E-state index in [4.69, 9.17) is 9.84 Å². The van der Waals surface area contributed by atoms with Gasteiger partial charge in [-0.05, 0) is 55.8 Å². The molecule has 1 saturated heterocycles. The second-order valence-corrected chi connectivity index (χ2v) is 7.20. The Labute approximate surface area is 159 Å². The molecule has 1 atom stereocenters. The van der Waals surface area contributed by atoms with Crippen LogP contribution in [0.1, 0.15) is 30.4 Å². The van der Waals surface area contributed by atoms with E-state index in [1.807, 2.05) is 18.2 Å². The summed E-state index contributed by atoms with van der Waals surface area (Å²) in [6.45, 7) is 3.11. The van der Waals surface area contributed by atoms with Crippen LogP contribution in [0.5, 0.6) is 5.75 Å². The fourth-order valence-electron chi connectivity index (χ4n) is 3.79. The maximum absolute atomic E-state index is 13.8. The minimum absolute atomic E-state index is 0.0000673. The van der Waals surface area contributed by atoms with Gasteiger partial charge in [-0.1, -0.05) is 24.3 Å². The van der Waals surface area contributed by atoms with Gasteiger partial charge in [-0.25, -0.2) is 8.78 Å². The number of halogens is 2. The Morgan fingerprint density at radius 3 is 2.78 bits per heavy atom. The molecule has 5 heteroatoms. The first-order valence-corrected chi connectivity index (χ1v) is 9.63. The van der Waals surface area contributed by atoms with Crippen LogP contribution < -0.4 is 4.74 Å². The molecule has 146 valence electrons. The number of benzene rings is 2. The molecule has 27 heavy (non-hydrogen) atoms. The molecular formula is C22H27F2NO2. The number of aliphatic hydroxyl groups excluding tert-OH is 1. The SMILES string of the molecule is OCCOc1ccccc1CN1CCCC(CCc2ccc(F)cc2F)C1. The molecule has 0 amide bonds. The van der Waals surface area contributed by atoms with Crippen molar-refractivity contribution < 1.29 is 18.6 Å². The first kappa shape index (κ1) is 19.8. The molecule has 1 unspecified atom stereocenters. The van der Waals surface area contributed by atoms with E-state index in [1.54, 1.807) is 6.07 Å². The highest BCUT2D eigenvalue weighted by atomic mass is 19.1. The molecule has 2 aromatic carbocycles. The van der Waals surface area contributed by atoms with Gasteiger partial charge in [0.1, 0.15) is 24.0 Å². The van der Waals surface area contributed by atoms with Crippen molar-refractivity contribution in [1.29, 1.82) is 0 Å². The monoisotopic (exact) mass is 375 g/mol. The summed E-state index contributed by atoms with van der Waals surface area (Å²) in [7, 11) is 0. The smallest absolute Gasteiger partial charge is 0.129 e. The predicted octanol–water partition coefficient (Wildman–Crippen LogP) is 4.18. The van der Waals surface area contributed by atoms with E-state index >= 15 is 0 Å². The fraction of sp³-hybridized carbons (Fsp3) is 0.455. The molecule has 0 saturated carbocycles. The lowest BCUT2D eigenvalue weighted by atomic mass is 9.91. The Kier molecular flexibility index (Phi) is 7.18. The van der Waals surface area contributed by atoms with Crippen LogP contribution >= 0.6 is 0 Å². The Bertz CT molecular complexity index is 738. The van der Waals surface area contributed by atoms with Gasteiger partial charge in [0.25, 0.3) is 0 Å². The summed E-state index contributed by atoms with van der Waals surface area (Å²) in [5, 5.41) is 8.98. The maximum Gasteiger partial charge on any atom is 0.129 e. The van der Waals surface area contributed by atoms with Crippen molar-refractivity contribution in [3.63, 3.8) is 0 Å². The molecular weight excluding hydrogens is 348 g/mol. The topological polar surface area (TPSA) is 32.7 Å². The van der Waals surface area contributed by atoms with Gasteiger partial charge in [0.05, 0.1) is 6.61 Å². The minimum atomic E-state index is -0.526. The van der Waals surface area contributed by atoms with Crippen molar-refractivity contribution in [1.82, 2.24) is 4.90 Å². The summed E-state index contributed by atoms with van der Waals surface area (Å²) in [4.78, 5) is 2.41. The van der Waals surface area contributed by atoms with E-state index in [1.165, 1.54) is 6.07 Å². The van der Waals surface area contributed by atoms with E-state index in [9.17, 15) is 8.78 Å². The van der Waals surface area contributed by atoms with Gasteiger partial charge in [0.15, 0.2) is 0 Å². The largest absolute Gasteiger partial charge is 0.491 e. The van der Waals surface area contributed by atoms with E-state index in [0.29, 0.717) is 24.5 Å². The Morgan fingerprint density at radius 2 is 1.96 bits per heavy atom. The van der Waals surface area contributed by atoms with Gasteiger partial charge in [-0.3, -0.25) is 4.90 Å². The Hall–Kier alpha value is -1.98. The van der Waals surface area contributed by atoms with Crippen molar-refractivity contribution in [3.8, 4) is 5.75 Å². The van der Waals surface area contributed by atoms with Crippen LogP contribution in [0, 0.1) is 17.6 Å². The second-order valence-electron chi connectivity index (χ2n) is 7.20. The zero-order chi connectivity index (χ0) is 19.1. The third kappa shape index (κ3) is 5.75. The lowest BCUT2D eigenvalue weighted by Gasteiger charge is -2.33. The molecule has 1 N–H and O–H groups in total. The second kappa shape index (κ2) is 9.81. The van der Waals surface area contributed by atoms with Crippen LogP contribution in [-0.2, 0) is 13.0 Å².